The van der Waals surface area contributed by atoms with Gasteiger partial charge in [0.1, 0.15) is 5.82 Å². The van der Waals surface area contributed by atoms with Gasteiger partial charge in [-0.25, -0.2) is 9.37 Å². The van der Waals surface area contributed by atoms with Gasteiger partial charge in [-0.2, -0.15) is 0 Å². The minimum Gasteiger partial charge on any atom is -0.381 e. The molecule has 7 heteroatoms. The van der Waals surface area contributed by atoms with Gasteiger partial charge in [-0.3, -0.25) is 9.36 Å². The van der Waals surface area contributed by atoms with E-state index in [-0.39, 0.29) is 17.6 Å². The van der Waals surface area contributed by atoms with Gasteiger partial charge in [0.15, 0.2) is 0 Å². The summed E-state index contributed by atoms with van der Waals surface area (Å²) in [6.07, 6.45) is 2.60. The Morgan fingerprint density at radius 1 is 1.09 bits per heavy atom. The average Bonchev–Trinajstić information content (AvgIpc) is 3.48. The van der Waals surface area contributed by atoms with Crippen LogP contribution in [-0.2, 0) is 9.53 Å². The Kier molecular flexibility index (Phi) is 6.30. The number of piperidine rings is 1. The van der Waals surface area contributed by atoms with E-state index >= 15 is 0 Å². The highest BCUT2D eigenvalue weighted by Crippen LogP contribution is 2.32. The molecule has 1 amide bonds. The lowest BCUT2D eigenvalue weighted by Gasteiger charge is -2.32. The third kappa shape index (κ3) is 4.41. The summed E-state index contributed by atoms with van der Waals surface area (Å²) in [6.45, 7) is 9.74. The maximum atomic E-state index is 14.0. The van der Waals surface area contributed by atoms with E-state index in [9.17, 15) is 9.18 Å². The van der Waals surface area contributed by atoms with E-state index in [1.807, 2.05) is 12.1 Å². The Morgan fingerprint density at radius 2 is 1.85 bits per heavy atom. The van der Waals surface area contributed by atoms with Gasteiger partial charge >= 0.3 is 0 Å². The number of aromatic nitrogens is 2. The molecule has 1 aromatic heterocycles. The Hall–Kier alpha value is -2.93. The summed E-state index contributed by atoms with van der Waals surface area (Å²) in [6, 6.07) is 9.49. The first-order valence-corrected chi connectivity index (χ1v) is 12.3. The second-order valence-corrected chi connectivity index (χ2v) is 9.84. The molecule has 1 N–H and O–H groups in total. The Morgan fingerprint density at radius 3 is 2.56 bits per heavy atom. The number of aryl methyl sites for hydroxylation is 3. The first kappa shape index (κ1) is 22.8. The quantitative estimate of drug-likeness (QED) is 0.606. The molecule has 2 aromatic carbocycles. The number of benzene rings is 2. The van der Waals surface area contributed by atoms with Gasteiger partial charge in [-0.15, -0.1) is 0 Å². The highest BCUT2D eigenvalue weighted by molar-refractivity contribution is 5.83. The van der Waals surface area contributed by atoms with Gasteiger partial charge in [0.25, 0.3) is 0 Å². The van der Waals surface area contributed by atoms with Gasteiger partial charge in [0.2, 0.25) is 11.9 Å². The summed E-state index contributed by atoms with van der Waals surface area (Å²) in [7, 11) is 0. The number of ether oxygens (including phenoxy) is 1. The molecule has 1 unspecified atom stereocenters. The number of fused-ring (bicyclic) bond motifs is 1. The summed E-state index contributed by atoms with van der Waals surface area (Å²) >= 11 is 0. The van der Waals surface area contributed by atoms with Crippen LogP contribution in [-0.4, -0.2) is 48.3 Å². The van der Waals surface area contributed by atoms with Crippen LogP contribution in [0.15, 0.2) is 30.3 Å². The maximum Gasteiger partial charge on any atom is 0.223 e. The number of halogens is 1. The Labute approximate surface area is 200 Å². The van der Waals surface area contributed by atoms with Crippen molar-refractivity contribution in [1.29, 1.82) is 0 Å². The van der Waals surface area contributed by atoms with E-state index in [4.69, 9.17) is 9.72 Å². The summed E-state index contributed by atoms with van der Waals surface area (Å²) in [5.41, 5.74) is 5.85. The largest absolute Gasteiger partial charge is 0.381 e. The van der Waals surface area contributed by atoms with Gasteiger partial charge in [-0.1, -0.05) is 0 Å². The molecule has 5 rings (SSSR count). The first-order chi connectivity index (χ1) is 16.4. The SMILES string of the molecule is Cc1cc2nc(N3CCC(C(=O)NCC4CCOC4)CC3)n(-c3ccc(F)c(C)c3)c2cc1C. The van der Waals surface area contributed by atoms with E-state index in [0.29, 0.717) is 18.0 Å². The van der Waals surface area contributed by atoms with Crippen LogP contribution >= 0.6 is 0 Å². The molecule has 3 aromatic rings. The standard InChI is InChI=1S/C27H33FN4O2/c1-17-13-24-25(14-18(17)2)32(22-4-5-23(28)19(3)12-22)27(30-24)31-9-6-21(7-10-31)26(33)29-15-20-8-11-34-16-20/h4-5,12-14,20-21H,6-11,15-16H2,1-3H3,(H,29,33). The Balaban J connectivity index is 1.39. The zero-order valence-electron chi connectivity index (χ0n) is 20.2. The topological polar surface area (TPSA) is 59.4 Å². The van der Waals surface area contributed by atoms with Crippen LogP contribution < -0.4 is 10.2 Å². The fraction of sp³-hybridized carbons (Fsp3) is 0.481. The number of nitrogens with zero attached hydrogens (tertiary/aromatic N) is 3. The zero-order valence-corrected chi connectivity index (χ0v) is 20.2. The van der Waals surface area contributed by atoms with Crippen LogP contribution in [0.3, 0.4) is 0 Å². The van der Waals surface area contributed by atoms with Crippen LogP contribution in [0, 0.1) is 38.4 Å². The third-order valence-electron chi connectivity index (χ3n) is 7.39. The van der Waals surface area contributed by atoms with Crippen molar-refractivity contribution in [2.75, 3.05) is 37.7 Å². The van der Waals surface area contributed by atoms with Crippen LogP contribution in [0.25, 0.3) is 16.7 Å². The molecule has 1 atom stereocenters. The highest BCUT2D eigenvalue weighted by atomic mass is 19.1. The summed E-state index contributed by atoms with van der Waals surface area (Å²) in [4.78, 5) is 20.0. The molecule has 0 aliphatic carbocycles. The summed E-state index contributed by atoms with van der Waals surface area (Å²) in [5.74, 6) is 1.26. The number of amides is 1. The number of imidazole rings is 1. The molecule has 180 valence electrons. The molecule has 0 saturated carbocycles. The predicted molar refractivity (Wildman–Crippen MR) is 132 cm³/mol. The lowest BCUT2D eigenvalue weighted by atomic mass is 9.95. The Bertz CT molecular complexity index is 1210. The van der Waals surface area contributed by atoms with E-state index in [0.717, 1.165) is 68.2 Å². The summed E-state index contributed by atoms with van der Waals surface area (Å²) < 4.78 is 21.6. The number of nitrogens with one attached hydrogen (secondary N) is 1. The fourth-order valence-electron chi connectivity index (χ4n) is 5.03. The van der Waals surface area contributed by atoms with Gasteiger partial charge in [0, 0.05) is 43.8 Å². The van der Waals surface area contributed by atoms with Crippen LogP contribution in [0.4, 0.5) is 10.3 Å². The molecule has 0 bridgehead atoms. The molecule has 34 heavy (non-hydrogen) atoms. The van der Waals surface area contributed by atoms with E-state index < -0.39 is 0 Å². The van der Waals surface area contributed by atoms with Gasteiger partial charge < -0.3 is 15.0 Å². The molecule has 0 radical (unpaired) electrons. The number of hydrogen-bond acceptors (Lipinski definition) is 4. The molecular formula is C27H33FN4O2. The van der Waals surface area contributed by atoms with Gasteiger partial charge in [-0.05, 0) is 87.1 Å². The number of anilines is 1. The molecule has 2 saturated heterocycles. The lowest BCUT2D eigenvalue weighted by Crippen LogP contribution is -2.42. The van der Waals surface area contributed by atoms with E-state index in [2.05, 4.69) is 40.8 Å². The van der Waals surface area contributed by atoms with Crippen molar-refractivity contribution in [2.24, 2.45) is 11.8 Å². The number of hydrogen-bond donors (Lipinski definition) is 1. The molecule has 2 aliphatic rings. The van der Waals surface area contributed by atoms with Crippen LogP contribution in [0.5, 0.6) is 0 Å². The molecule has 3 heterocycles. The molecule has 0 spiro atoms. The van der Waals surface area contributed by atoms with Crippen molar-refractivity contribution in [2.45, 2.75) is 40.0 Å². The minimum atomic E-state index is -0.210. The summed E-state index contributed by atoms with van der Waals surface area (Å²) in [5, 5.41) is 3.14. The average molecular weight is 465 g/mol. The minimum absolute atomic E-state index is 0.0222. The van der Waals surface area contributed by atoms with E-state index in [1.54, 1.807) is 6.92 Å². The number of carbonyl (C=O) groups is 1. The molecule has 2 aliphatic heterocycles. The zero-order chi connectivity index (χ0) is 23.8. The van der Waals surface area contributed by atoms with Crippen LogP contribution in [0.2, 0.25) is 0 Å². The number of carbonyl (C=O) groups excluding carboxylic acids is 1. The van der Waals surface area contributed by atoms with E-state index in [1.165, 1.54) is 17.2 Å². The van der Waals surface area contributed by atoms with Crippen molar-refractivity contribution in [3.05, 3.63) is 52.8 Å². The second-order valence-electron chi connectivity index (χ2n) is 9.84. The van der Waals surface area contributed by atoms with Gasteiger partial charge in [0.05, 0.1) is 17.6 Å². The highest BCUT2D eigenvalue weighted by Gasteiger charge is 2.29. The predicted octanol–water partition coefficient (Wildman–Crippen LogP) is 4.46. The molecule has 2 fully saturated rings. The van der Waals surface area contributed by atoms with Crippen molar-refractivity contribution in [3.8, 4) is 5.69 Å². The van der Waals surface area contributed by atoms with Crippen molar-refractivity contribution in [1.82, 2.24) is 14.9 Å². The monoisotopic (exact) mass is 464 g/mol. The molecule has 6 nitrogen and oxygen atoms in total. The van der Waals surface area contributed by atoms with Crippen molar-refractivity contribution >= 4 is 22.9 Å². The van der Waals surface area contributed by atoms with Crippen molar-refractivity contribution < 1.29 is 13.9 Å². The maximum absolute atomic E-state index is 14.0. The van der Waals surface area contributed by atoms with Crippen LogP contribution in [0.1, 0.15) is 36.0 Å². The van der Waals surface area contributed by atoms with Crippen molar-refractivity contribution in [3.63, 3.8) is 0 Å². The third-order valence-corrected chi connectivity index (χ3v) is 7.39. The smallest absolute Gasteiger partial charge is 0.223 e. The first-order valence-electron chi connectivity index (χ1n) is 12.3. The lowest BCUT2D eigenvalue weighted by molar-refractivity contribution is -0.125. The molecular weight excluding hydrogens is 431 g/mol. The second kappa shape index (κ2) is 9.37. The number of rotatable bonds is 5. The normalized spacial score (nSPS) is 19.2. The fourth-order valence-corrected chi connectivity index (χ4v) is 5.03.